The van der Waals surface area contributed by atoms with E-state index in [0.717, 1.165) is 12.1 Å². The van der Waals surface area contributed by atoms with Gasteiger partial charge < -0.3 is 10.0 Å². The Labute approximate surface area is 107 Å². The molecule has 0 bridgehead atoms. The molecule has 1 N–H and O–H groups in total. The zero-order valence-corrected chi connectivity index (χ0v) is 9.81. The molecular weight excluding hydrogens is 261 g/mol. The number of rotatable bonds is 5. The van der Waals surface area contributed by atoms with Crippen LogP contribution in [0.4, 0.5) is 18.9 Å². The van der Waals surface area contributed by atoms with Crippen molar-refractivity contribution in [2.75, 3.05) is 18.0 Å². The van der Waals surface area contributed by atoms with Crippen LogP contribution in [0.3, 0.4) is 0 Å². The Balaban J connectivity index is 2.96. The number of anilines is 1. The number of nitrogens with zero attached hydrogens (tertiary/aromatic N) is 2. The fourth-order valence-electron chi connectivity index (χ4n) is 1.49. The normalized spacial score (nSPS) is 10.8. The van der Waals surface area contributed by atoms with Gasteiger partial charge in [0.25, 0.3) is 0 Å². The van der Waals surface area contributed by atoms with Crippen LogP contribution in [-0.2, 0) is 11.0 Å². The number of carboxylic acids is 1. The predicted molar refractivity (Wildman–Crippen MR) is 61.5 cm³/mol. The number of hydrogen-bond acceptors (Lipinski definition) is 3. The zero-order valence-electron chi connectivity index (χ0n) is 9.81. The number of halogens is 3. The smallest absolute Gasteiger partial charge is 0.416 e. The number of alkyl halides is 3. The molecule has 0 spiro atoms. The van der Waals surface area contributed by atoms with Crippen LogP contribution in [-0.4, -0.2) is 24.2 Å². The van der Waals surface area contributed by atoms with E-state index in [1.807, 2.05) is 0 Å². The maximum Gasteiger partial charge on any atom is 0.416 e. The lowest BCUT2D eigenvalue weighted by Gasteiger charge is -2.21. The lowest BCUT2D eigenvalue weighted by atomic mass is 10.1. The van der Waals surface area contributed by atoms with E-state index in [0.29, 0.717) is 0 Å². The number of carboxylic acid groups (broad SMARTS) is 1. The van der Waals surface area contributed by atoms with Crippen molar-refractivity contribution >= 4 is 11.7 Å². The van der Waals surface area contributed by atoms with Gasteiger partial charge in [-0.2, -0.15) is 18.4 Å². The maximum absolute atomic E-state index is 12.6. The molecule has 0 fully saturated rings. The average Bonchev–Trinajstić information content (AvgIpc) is 2.33. The number of carbonyl (C=O) groups is 1. The molecule has 19 heavy (non-hydrogen) atoms. The first-order valence-electron chi connectivity index (χ1n) is 5.35. The first kappa shape index (κ1) is 14.8. The Kier molecular flexibility index (Phi) is 4.75. The van der Waals surface area contributed by atoms with Crippen molar-refractivity contribution in [3.63, 3.8) is 0 Å². The van der Waals surface area contributed by atoms with E-state index in [1.165, 1.54) is 17.0 Å². The summed E-state index contributed by atoms with van der Waals surface area (Å²) < 4.78 is 37.7. The predicted octanol–water partition coefficient (Wildman–Crippen LogP) is 2.51. The van der Waals surface area contributed by atoms with E-state index in [9.17, 15) is 18.0 Å². The van der Waals surface area contributed by atoms with Crippen molar-refractivity contribution in [2.24, 2.45) is 0 Å². The van der Waals surface area contributed by atoms with Crippen LogP contribution in [0.15, 0.2) is 24.3 Å². The van der Waals surface area contributed by atoms with Gasteiger partial charge in [0, 0.05) is 12.2 Å². The third-order valence-electron chi connectivity index (χ3n) is 2.40. The molecule has 4 nitrogen and oxygen atoms in total. The van der Waals surface area contributed by atoms with Crippen molar-refractivity contribution in [1.82, 2.24) is 0 Å². The van der Waals surface area contributed by atoms with Crippen LogP contribution in [0.1, 0.15) is 12.0 Å². The molecule has 1 rings (SSSR count). The van der Waals surface area contributed by atoms with Crippen LogP contribution in [0.5, 0.6) is 0 Å². The summed E-state index contributed by atoms with van der Waals surface area (Å²) in [5.74, 6) is -1.07. The molecule has 0 unspecified atom stereocenters. The molecular formula is C12H11F3N2O2. The first-order valence-corrected chi connectivity index (χ1v) is 5.35. The molecule has 1 aromatic rings. The highest BCUT2D eigenvalue weighted by Gasteiger charge is 2.30. The first-order chi connectivity index (χ1) is 8.84. The van der Waals surface area contributed by atoms with Gasteiger partial charge in [-0.1, -0.05) is 6.07 Å². The molecule has 0 heterocycles. The Morgan fingerprint density at radius 2 is 2.11 bits per heavy atom. The van der Waals surface area contributed by atoms with E-state index >= 15 is 0 Å². The van der Waals surface area contributed by atoms with Gasteiger partial charge in [-0.25, -0.2) is 0 Å². The highest BCUT2D eigenvalue weighted by atomic mass is 19.4. The van der Waals surface area contributed by atoms with Crippen molar-refractivity contribution in [3.8, 4) is 6.07 Å². The van der Waals surface area contributed by atoms with Crippen molar-refractivity contribution < 1.29 is 23.1 Å². The van der Waals surface area contributed by atoms with Gasteiger partial charge in [0.15, 0.2) is 0 Å². The van der Waals surface area contributed by atoms with Gasteiger partial charge in [0.05, 0.1) is 18.1 Å². The molecule has 7 heteroatoms. The standard InChI is InChI=1S/C12H11F3N2O2/c13-12(14,15)9-2-1-3-10(8-9)17(7-5-16)6-4-11(18)19/h1-3,8H,4,6-7H2,(H,18,19). The van der Waals surface area contributed by atoms with E-state index in [4.69, 9.17) is 10.4 Å². The molecule has 0 amide bonds. The summed E-state index contributed by atoms with van der Waals surface area (Å²) in [5, 5.41) is 17.2. The van der Waals surface area contributed by atoms with E-state index in [1.54, 1.807) is 6.07 Å². The molecule has 0 radical (unpaired) electrons. The summed E-state index contributed by atoms with van der Waals surface area (Å²) in [6, 6.07) is 6.26. The number of benzene rings is 1. The van der Waals surface area contributed by atoms with Crippen molar-refractivity contribution in [3.05, 3.63) is 29.8 Å². The number of hydrogen-bond donors (Lipinski definition) is 1. The summed E-state index contributed by atoms with van der Waals surface area (Å²) in [4.78, 5) is 11.8. The van der Waals surface area contributed by atoms with E-state index < -0.39 is 17.7 Å². The second kappa shape index (κ2) is 6.09. The molecule has 0 saturated heterocycles. The van der Waals surface area contributed by atoms with Gasteiger partial charge in [-0.05, 0) is 18.2 Å². The molecule has 0 aliphatic carbocycles. The Bertz CT molecular complexity index is 494. The topological polar surface area (TPSA) is 64.3 Å². The monoisotopic (exact) mass is 272 g/mol. The third-order valence-corrected chi connectivity index (χ3v) is 2.40. The highest BCUT2D eigenvalue weighted by Crippen LogP contribution is 2.31. The summed E-state index contributed by atoms with van der Waals surface area (Å²) in [5.41, 5.74) is -0.652. The largest absolute Gasteiger partial charge is 0.481 e. The minimum atomic E-state index is -4.47. The van der Waals surface area contributed by atoms with Gasteiger partial charge >= 0.3 is 12.1 Å². The summed E-state index contributed by atoms with van der Waals surface area (Å²) in [6.07, 6.45) is -4.72. The molecule has 0 saturated carbocycles. The summed E-state index contributed by atoms with van der Waals surface area (Å²) in [7, 11) is 0. The van der Waals surface area contributed by atoms with Gasteiger partial charge in [-0.15, -0.1) is 0 Å². The van der Waals surface area contributed by atoms with Gasteiger partial charge in [0.1, 0.15) is 6.54 Å². The SMILES string of the molecule is N#CCN(CCC(=O)O)c1cccc(C(F)(F)F)c1. The third kappa shape index (κ3) is 4.50. The Morgan fingerprint density at radius 3 is 2.63 bits per heavy atom. The average molecular weight is 272 g/mol. The minimum Gasteiger partial charge on any atom is -0.481 e. The van der Waals surface area contributed by atoms with Gasteiger partial charge in [-0.3, -0.25) is 4.79 Å². The Morgan fingerprint density at radius 1 is 1.42 bits per heavy atom. The van der Waals surface area contributed by atoms with E-state index in [2.05, 4.69) is 0 Å². The van der Waals surface area contributed by atoms with E-state index in [-0.39, 0.29) is 25.2 Å². The van der Waals surface area contributed by atoms with Crippen LogP contribution < -0.4 is 4.90 Å². The number of nitriles is 1. The number of aliphatic carboxylic acids is 1. The second-order valence-corrected chi connectivity index (χ2v) is 3.77. The molecule has 0 atom stereocenters. The van der Waals surface area contributed by atoms with Gasteiger partial charge in [0.2, 0.25) is 0 Å². The second-order valence-electron chi connectivity index (χ2n) is 3.77. The van der Waals surface area contributed by atoms with Crippen LogP contribution in [0.25, 0.3) is 0 Å². The lowest BCUT2D eigenvalue weighted by molar-refractivity contribution is -0.138. The minimum absolute atomic E-state index is 0.0236. The van der Waals surface area contributed by atoms with Crippen molar-refractivity contribution in [2.45, 2.75) is 12.6 Å². The quantitative estimate of drug-likeness (QED) is 0.836. The molecule has 0 aromatic heterocycles. The zero-order chi connectivity index (χ0) is 14.5. The highest BCUT2D eigenvalue weighted by molar-refractivity contribution is 5.67. The fraction of sp³-hybridized carbons (Fsp3) is 0.333. The van der Waals surface area contributed by atoms with Crippen LogP contribution in [0, 0.1) is 11.3 Å². The summed E-state index contributed by atoms with van der Waals surface area (Å²) in [6.45, 7) is -0.196. The summed E-state index contributed by atoms with van der Waals surface area (Å²) >= 11 is 0. The fourth-order valence-corrected chi connectivity index (χ4v) is 1.49. The molecule has 1 aromatic carbocycles. The van der Waals surface area contributed by atoms with Crippen LogP contribution >= 0.6 is 0 Å². The molecule has 0 aliphatic rings. The van der Waals surface area contributed by atoms with Crippen molar-refractivity contribution in [1.29, 1.82) is 5.26 Å². The maximum atomic E-state index is 12.6. The van der Waals surface area contributed by atoms with Crippen LogP contribution in [0.2, 0.25) is 0 Å². The molecule has 0 aliphatic heterocycles. The lowest BCUT2D eigenvalue weighted by Crippen LogP contribution is -2.26. The Hall–Kier alpha value is -2.23. The molecule has 102 valence electrons.